The van der Waals surface area contributed by atoms with Gasteiger partial charge in [-0.05, 0) is 13.0 Å². The van der Waals surface area contributed by atoms with Crippen molar-refractivity contribution in [2.45, 2.75) is 19.4 Å². The number of imidazole rings is 1. The van der Waals surface area contributed by atoms with Crippen molar-refractivity contribution in [3.8, 4) is 0 Å². The average molecular weight is 326 g/mol. The fourth-order valence-electron chi connectivity index (χ4n) is 2.01. The molecule has 0 aliphatic heterocycles. The number of amides is 1. The van der Waals surface area contributed by atoms with Gasteiger partial charge in [0.25, 0.3) is 5.91 Å². The molecule has 0 aliphatic carbocycles. The Bertz CT molecular complexity index is 770. The van der Waals surface area contributed by atoms with Gasteiger partial charge in [0.1, 0.15) is 17.4 Å². The number of carbonyl (C=O) groups is 3. The van der Waals surface area contributed by atoms with Crippen LogP contribution in [0.25, 0.3) is 5.65 Å². The lowest BCUT2D eigenvalue weighted by atomic mass is 10.2. The summed E-state index contributed by atoms with van der Waals surface area (Å²) >= 11 is 5.85. The summed E-state index contributed by atoms with van der Waals surface area (Å²) in [6.45, 7) is 1.59. The van der Waals surface area contributed by atoms with Gasteiger partial charge < -0.3 is 15.5 Å². The molecule has 3 N–H and O–H groups in total. The third-order valence-corrected chi connectivity index (χ3v) is 3.19. The summed E-state index contributed by atoms with van der Waals surface area (Å²) in [6.07, 6.45) is 0.808. The normalized spacial score (nSPS) is 12.1. The van der Waals surface area contributed by atoms with E-state index < -0.39 is 30.3 Å². The van der Waals surface area contributed by atoms with Crippen molar-refractivity contribution in [2.75, 3.05) is 0 Å². The minimum atomic E-state index is -1.53. The molecule has 0 saturated carbocycles. The molecule has 2 aromatic rings. The quantitative estimate of drug-likeness (QED) is 0.752. The third-order valence-electron chi connectivity index (χ3n) is 2.96. The van der Waals surface area contributed by atoms with Gasteiger partial charge in [0.15, 0.2) is 0 Å². The standard InChI is InChI=1S/C13H12ClN3O5/c1-6-11(17-3-2-7(14)4-9(17)15-6)12(20)16-8(13(21)22)5-10(18)19/h2-4,8H,5H2,1H3,(H,16,20)(H,18,19)(H,21,22). The molecule has 2 aromatic heterocycles. The number of carbonyl (C=O) groups excluding carboxylic acids is 1. The molecular formula is C13H12ClN3O5. The van der Waals surface area contributed by atoms with E-state index >= 15 is 0 Å². The maximum atomic E-state index is 12.3. The van der Waals surface area contributed by atoms with Crippen molar-refractivity contribution in [2.24, 2.45) is 0 Å². The van der Waals surface area contributed by atoms with Crippen LogP contribution in [0.3, 0.4) is 0 Å². The Balaban J connectivity index is 2.35. The lowest BCUT2D eigenvalue weighted by Crippen LogP contribution is -2.42. The van der Waals surface area contributed by atoms with Gasteiger partial charge in [0.2, 0.25) is 0 Å². The summed E-state index contributed by atoms with van der Waals surface area (Å²) in [5.41, 5.74) is 0.933. The van der Waals surface area contributed by atoms with E-state index in [4.69, 9.17) is 21.8 Å². The number of pyridine rings is 1. The molecule has 0 bridgehead atoms. The van der Waals surface area contributed by atoms with Gasteiger partial charge in [-0.1, -0.05) is 11.6 Å². The summed E-state index contributed by atoms with van der Waals surface area (Å²) in [5.74, 6) is -3.47. The summed E-state index contributed by atoms with van der Waals surface area (Å²) in [5, 5.41) is 20.3. The van der Waals surface area contributed by atoms with Crippen molar-refractivity contribution in [1.82, 2.24) is 14.7 Å². The molecule has 0 fully saturated rings. The zero-order valence-corrected chi connectivity index (χ0v) is 12.2. The number of aromatic nitrogens is 2. The number of aryl methyl sites for hydroxylation is 1. The first-order valence-electron chi connectivity index (χ1n) is 6.19. The first-order chi connectivity index (χ1) is 10.3. The van der Waals surface area contributed by atoms with Crippen molar-refractivity contribution < 1.29 is 24.6 Å². The first-order valence-corrected chi connectivity index (χ1v) is 6.57. The number of halogens is 1. The molecular weight excluding hydrogens is 314 g/mol. The van der Waals surface area contributed by atoms with Crippen LogP contribution in [0, 0.1) is 6.92 Å². The van der Waals surface area contributed by atoms with Crippen molar-refractivity contribution in [1.29, 1.82) is 0 Å². The second-order valence-corrected chi connectivity index (χ2v) is 5.02. The van der Waals surface area contributed by atoms with E-state index in [0.717, 1.165) is 0 Å². The van der Waals surface area contributed by atoms with Crippen LogP contribution < -0.4 is 5.32 Å². The second kappa shape index (κ2) is 6.02. The molecule has 116 valence electrons. The maximum absolute atomic E-state index is 12.3. The highest BCUT2D eigenvalue weighted by atomic mass is 35.5. The Kier molecular flexibility index (Phi) is 4.32. The predicted molar refractivity (Wildman–Crippen MR) is 76.1 cm³/mol. The molecule has 0 aliphatic rings. The molecule has 0 aromatic carbocycles. The summed E-state index contributed by atoms with van der Waals surface area (Å²) < 4.78 is 1.45. The predicted octanol–water partition coefficient (Wildman–Crippen LogP) is 0.954. The zero-order valence-electron chi connectivity index (χ0n) is 11.4. The Hall–Kier alpha value is -2.61. The van der Waals surface area contributed by atoms with Gasteiger partial charge in [-0.2, -0.15) is 0 Å². The number of carboxylic acid groups (broad SMARTS) is 2. The lowest BCUT2D eigenvalue weighted by Gasteiger charge is -2.12. The Labute approximate surface area is 129 Å². The monoisotopic (exact) mass is 325 g/mol. The van der Waals surface area contributed by atoms with E-state index in [-0.39, 0.29) is 5.69 Å². The van der Waals surface area contributed by atoms with E-state index in [2.05, 4.69) is 10.3 Å². The van der Waals surface area contributed by atoms with Crippen LogP contribution >= 0.6 is 11.6 Å². The highest BCUT2D eigenvalue weighted by Crippen LogP contribution is 2.16. The van der Waals surface area contributed by atoms with Crippen LogP contribution in [-0.2, 0) is 9.59 Å². The topological polar surface area (TPSA) is 121 Å². The maximum Gasteiger partial charge on any atom is 0.326 e. The zero-order chi connectivity index (χ0) is 16.4. The number of carboxylic acids is 2. The van der Waals surface area contributed by atoms with Crippen LogP contribution in [0.4, 0.5) is 0 Å². The number of nitrogens with one attached hydrogen (secondary N) is 1. The molecule has 0 radical (unpaired) electrons. The number of rotatable bonds is 5. The minimum absolute atomic E-state index is 0.128. The number of nitrogens with zero attached hydrogens (tertiary/aromatic N) is 2. The highest BCUT2D eigenvalue weighted by molar-refractivity contribution is 6.30. The molecule has 9 heteroatoms. The van der Waals surface area contributed by atoms with E-state index in [0.29, 0.717) is 16.4 Å². The van der Waals surface area contributed by atoms with Crippen LogP contribution in [0.15, 0.2) is 18.3 Å². The number of fused-ring (bicyclic) bond motifs is 1. The largest absolute Gasteiger partial charge is 0.481 e. The molecule has 0 saturated heterocycles. The molecule has 8 nitrogen and oxygen atoms in total. The van der Waals surface area contributed by atoms with E-state index in [1.807, 2.05) is 0 Å². The van der Waals surface area contributed by atoms with Crippen LogP contribution in [0.2, 0.25) is 5.02 Å². The van der Waals surface area contributed by atoms with Crippen molar-refractivity contribution in [3.05, 3.63) is 34.7 Å². The molecule has 0 spiro atoms. The molecule has 2 heterocycles. The Morgan fingerprint density at radius 3 is 2.68 bits per heavy atom. The van der Waals surface area contributed by atoms with Gasteiger partial charge >= 0.3 is 11.9 Å². The van der Waals surface area contributed by atoms with E-state index in [9.17, 15) is 14.4 Å². The number of hydrogen-bond donors (Lipinski definition) is 3. The molecule has 1 atom stereocenters. The van der Waals surface area contributed by atoms with Gasteiger partial charge in [-0.15, -0.1) is 0 Å². The van der Waals surface area contributed by atoms with Crippen LogP contribution in [0.5, 0.6) is 0 Å². The lowest BCUT2D eigenvalue weighted by molar-refractivity contribution is -0.145. The van der Waals surface area contributed by atoms with E-state index in [1.54, 1.807) is 19.1 Å². The molecule has 2 rings (SSSR count). The average Bonchev–Trinajstić information content (AvgIpc) is 2.72. The Morgan fingerprint density at radius 1 is 1.41 bits per heavy atom. The SMILES string of the molecule is Cc1nc2cc(Cl)ccn2c1C(=O)NC(CC(=O)O)C(=O)O. The van der Waals surface area contributed by atoms with Gasteiger partial charge in [0.05, 0.1) is 12.1 Å². The first kappa shape index (κ1) is 15.8. The minimum Gasteiger partial charge on any atom is -0.481 e. The third kappa shape index (κ3) is 3.17. The smallest absolute Gasteiger partial charge is 0.326 e. The summed E-state index contributed by atoms with van der Waals surface area (Å²) in [7, 11) is 0. The highest BCUT2D eigenvalue weighted by Gasteiger charge is 2.26. The van der Waals surface area contributed by atoms with Gasteiger partial charge in [0, 0.05) is 17.3 Å². The fraction of sp³-hybridized carbons (Fsp3) is 0.231. The van der Waals surface area contributed by atoms with Gasteiger partial charge in [-0.3, -0.25) is 14.0 Å². The van der Waals surface area contributed by atoms with Gasteiger partial charge in [-0.25, -0.2) is 9.78 Å². The van der Waals surface area contributed by atoms with Crippen LogP contribution in [-0.4, -0.2) is 43.5 Å². The van der Waals surface area contributed by atoms with Crippen molar-refractivity contribution in [3.63, 3.8) is 0 Å². The van der Waals surface area contributed by atoms with Crippen LogP contribution in [0.1, 0.15) is 22.6 Å². The number of hydrogen-bond acceptors (Lipinski definition) is 4. The number of aliphatic carboxylic acids is 2. The van der Waals surface area contributed by atoms with E-state index in [1.165, 1.54) is 10.6 Å². The summed E-state index contributed by atoms with van der Waals surface area (Å²) in [6, 6.07) is 1.58. The molecule has 1 unspecified atom stereocenters. The Morgan fingerprint density at radius 2 is 2.09 bits per heavy atom. The second-order valence-electron chi connectivity index (χ2n) is 4.58. The molecule has 22 heavy (non-hydrogen) atoms. The summed E-state index contributed by atoms with van der Waals surface area (Å²) in [4.78, 5) is 38.1. The fourth-order valence-corrected chi connectivity index (χ4v) is 2.17. The van der Waals surface area contributed by atoms with Crippen molar-refractivity contribution >= 4 is 35.1 Å². The molecule has 1 amide bonds.